The van der Waals surface area contributed by atoms with E-state index < -0.39 is 16.2 Å². The molecule has 0 aliphatic rings. The molecule has 0 saturated heterocycles. The molecule has 26 heavy (non-hydrogen) atoms. The third-order valence-corrected chi connectivity index (χ3v) is 6.05. The number of carbonyl (C=O) groups excluding carboxylic acids is 3. The Hall–Kier alpha value is -1.59. The van der Waals surface area contributed by atoms with Crippen LogP contribution in [0.25, 0.3) is 0 Å². The minimum absolute atomic E-state index is 0.278. The Morgan fingerprint density at radius 2 is 0.808 bits per heavy atom. The molecule has 2 atom stereocenters. The van der Waals surface area contributed by atoms with Crippen molar-refractivity contribution in [3.63, 3.8) is 0 Å². The van der Waals surface area contributed by atoms with Gasteiger partial charge in [-0.2, -0.15) is 0 Å². The first-order valence-electron chi connectivity index (χ1n) is 9.24. The molecule has 0 rings (SSSR count). The zero-order valence-corrected chi connectivity index (χ0v) is 17.7. The molecule has 0 bridgehead atoms. The van der Waals surface area contributed by atoms with Crippen LogP contribution in [0.1, 0.15) is 73.1 Å². The van der Waals surface area contributed by atoms with Gasteiger partial charge in [0.25, 0.3) is 0 Å². The standard InChI is InChI=1S/C20H36O6/c1-9-18(3,15(21)24-6)11-13-20(5,17(23)26-8)14-12-19(4,10-2)16(22)25-7/h9-14H2,1-8H3. The number of carbonyl (C=O) groups is 3. The fourth-order valence-electron chi connectivity index (χ4n) is 3.02. The molecule has 0 aromatic rings. The number of hydrogen-bond acceptors (Lipinski definition) is 6. The van der Waals surface area contributed by atoms with Gasteiger partial charge < -0.3 is 14.2 Å². The van der Waals surface area contributed by atoms with Crippen molar-refractivity contribution in [2.24, 2.45) is 16.2 Å². The van der Waals surface area contributed by atoms with Gasteiger partial charge in [0.2, 0.25) is 0 Å². The molecule has 0 N–H and O–H groups in total. The van der Waals surface area contributed by atoms with Gasteiger partial charge in [-0.1, -0.05) is 13.8 Å². The lowest BCUT2D eigenvalue weighted by molar-refractivity contribution is -0.159. The first-order valence-corrected chi connectivity index (χ1v) is 9.24. The maximum atomic E-state index is 12.5. The van der Waals surface area contributed by atoms with E-state index in [1.807, 2.05) is 34.6 Å². The van der Waals surface area contributed by atoms with E-state index in [0.29, 0.717) is 38.5 Å². The molecule has 0 aliphatic heterocycles. The second kappa shape index (κ2) is 9.93. The summed E-state index contributed by atoms with van der Waals surface area (Å²) in [6, 6.07) is 0. The largest absolute Gasteiger partial charge is 0.469 e. The molecule has 6 heteroatoms. The van der Waals surface area contributed by atoms with Crippen LogP contribution in [0, 0.1) is 16.2 Å². The molecule has 0 saturated carbocycles. The van der Waals surface area contributed by atoms with Gasteiger partial charge in [0.05, 0.1) is 37.6 Å². The van der Waals surface area contributed by atoms with Gasteiger partial charge in [-0.25, -0.2) is 0 Å². The van der Waals surface area contributed by atoms with E-state index in [1.165, 1.54) is 21.3 Å². The van der Waals surface area contributed by atoms with Crippen LogP contribution in [0.2, 0.25) is 0 Å². The molecule has 0 aromatic heterocycles. The highest BCUT2D eigenvalue weighted by molar-refractivity contribution is 5.78. The number of methoxy groups -OCH3 is 3. The van der Waals surface area contributed by atoms with E-state index >= 15 is 0 Å². The molecule has 0 aromatic carbocycles. The minimum atomic E-state index is -0.788. The summed E-state index contributed by atoms with van der Waals surface area (Å²) in [6.45, 7) is 9.39. The van der Waals surface area contributed by atoms with Crippen molar-refractivity contribution in [3.8, 4) is 0 Å². The van der Waals surface area contributed by atoms with Crippen molar-refractivity contribution in [2.75, 3.05) is 21.3 Å². The van der Waals surface area contributed by atoms with Gasteiger partial charge >= 0.3 is 17.9 Å². The Morgan fingerprint density at radius 1 is 0.577 bits per heavy atom. The fourth-order valence-corrected chi connectivity index (χ4v) is 3.02. The average molecular weight is 373 g/mol. The van der Waals surface area contributed by atoms with Crippen molar-refractivity contribution >= 4 is 17.9 Å². The van der Waals surface area contributed by atoms with Crippen LogP contribution in [-0.4, -0.2) is 39.2 Å². The summed E-state index contributed by atoms with van der Waals surface area (Å²) in [5.74, 6) is -0.885. The summed E-state index contributed by atoms with van der Waals surface area (Å²) < 4.78 is 14.9. The Labute approximate surface area is 157 Å². The van der Waals surface area contributed by atoms with Crippen molar-refractivity contribution in [1.29, 1.82) is 0 Å². The summed E-state index contributed by atoms with van der Waals surface area (Å²) in [5, 5.41) is 0. The predicted molar refractivity (Wildman–Crippen MR) is 99.4 cm³/mol. The van der Waals surface area contributed by atoms with E-state index in [-0.39, 0.29) is 17.9 Å². The summed E-state index contributed by atoms with van der Waals surface area (Å²) in [7, 11) is 4.11. The quantitative estimate of drug-likeness (QED) is 0.404. The van der Waals surface area contributed by atoms with E-state index in [4.69, 9.17) is 14.2 Å². The van der Waals surface area contributed by atoms with E-state index in [9.17, 15) is 14.4 Å². The van der Waals surface area contributed by atoms with Gasteiger partial charge in [0, 0.05) is 0 Å². The summed E-state index contributed by atoms with van der Waals surface area (Å²) >= 11 is 0. The number of hydrogen-bond donors (Lipinski definition) is 0. The van der Waals surface area contributed by atoms with Gasteiger partial charge in [0.15, 0.2) is 0 Å². The van der Waals surface area contributed by atoms with Gasteiger partial charge in [-0.3, -0.25) is 14.4 Å². The lowest BCUT2D eigenvalue weighted by atomic mass is 9.70. The third-order valence-electron chi connectivity index (χ3n) is 6.05. The lowest BCUT2D eigenvalue weighted by Gasteiger charge is -2.34. The number of rotatable bonds is 11. The first kappa shape index (κ1) is 24.4. The van der Waals surface area contributed by atoms with Crippen LogP contribution in [0.4, 0.5) is 0 Å². The normalized spacial score (nSPS) is 18.0. The minimum Gasteiger partial charge on any atom is -0.469 e. The van der Waals surface area contributed by atoms with E-state index in [2.05, 4.69) is 0 Å². The predicted octanol–water partition coefficient (Wildman–Crippen LogP) is 3.90. The number of esters is 3. The van der Waals surface area contributed by atoms with Crippen molar-refractivity contribution in [3.05, 3.63) is 0 Å². The highest BCUT2D eigenvalue weighted by Crippen LogP contribution is 2.41. The molecule has 0 spiro atoms. The second-order valence-corrected chi connectivity index (χ2v) is 7.86. The average Bonchev–Trinajstić information content (AvgIpc) is 2.67. The van der Waals surface area contributed by atoms with Gasteiger partial charge in [-0.15, -0.1) is 0 Å². The molecule has 0 heterocycles. The van der Waals surface area contributed by atoms with Crippen LogP contribution in [0.5, 0.6) is 0 Å². The molecular formula is C20H36O6. The molecule has 152 valence electrons. The van der Waals surface area contributed by atoms with Crippen LogP contribution >= 0.6 is 0 Å². The van der Waals surface area contributed by atoms with Crippen LogP contribution in [0.15, 0.2) is 0 Å². The SMILES string of the molecule is CCC(C)(CCC(C)(CCC(C)(CC)C(=O)OC)C(=O)OC)C(=O)OC. The molecule has 0 aliphatic carbocycles. The lowest BCUT2D eigenvalue weighted by Crippen LogP contribution is -2.37. The Morgan fingerprint density at radius 3 is 1.04 bits per heavy atom. The molecule has 2 unspecified atom stereocenters. The topological polar surface area (TPSA) is 78.9 Å². The van der Waals surface area contributed by atoms with E-state index in [0.717, 1.165) is 0 Å². The summed E-state index contributed by atoms with van der Waals surface area (Å²) in [4.78, 5) is 36.7. The first-order chi connectivity index (χ1) is 12.0. The Bertz CT molecular complexity index is 467. The molecule has 6 nitrogen and oxygen atoms in total. The smallest absolute Gasteiger partial charge is 0.311 e. The zero-order valence-electron chi connectivity index (χ0n) is 17.7. The Balaban J connectivity index is 5.37. The third kappa shape index (κ3) is 5.71. The number of ether oxygens (including phenoxy) is 3. The molecular weight excluding hydrogens is 336 g/mol. The molecule has 0 radical (unpaired) electrons. The van der Waals surface area contributed by atoms with Crippen molar-refractivity contribution < 1.29 is 28.6 Å². The van der Waals surface area contributed by atoms with E-state index in [1.54, 1.807) is 0 Å². The molecule has 0 amide bonds. The highest BCUT2D eigenvalue weighted by Gasteiger charge is 2.42. The van der Waals surface area contributed by atoms with Crippen LogP contribution in [0.3, 0.4) is 0 Å². The van der Waals surface area contributed by atoms with Crippen LogP contribution < -0.4 is 0 Å². The zero-order chi connectivity index (χ0) is 20.6. The van der Waals surface area contributed by atoms with Crippen molar-refractivity contribution in [2.45, 2.75) is 73.1 Å². The monoisotopic (exact) mass is 372 g/mol. The summed E-state index contributed by atoms with van der Waals surface area (Å²) in [5.41, 5.74) is -2.09. The van der Waals surface area contributed by atoms with Crippen molar-refractivity contribution in [1.82, 2.24) is 0 Å². The fraction of sp³-hybridized carbons (Fsp3) is 0.850. The molecule has 0 fully saturated rings. The second-order valence-electron chi connectivity index (χ2n) is 7.86. The van der Waals surface area contributed by atoms with Gasteiger partial charge in [0.1, 0.15) is 0 Å². The summed E-state index contributed by atoms with van der Waals surface area (Å²) in [6.07, 6.45) is 3.18. The van der Waals surface area contributed by atoms with Crippen LogP contribution in [-0.2, 0) is 28.6 Å². The Kier molecular flexibility index (Phi) is 9.32. The van der Waals surface area contributed by atoms with Gasteiger partial charge in [-0.05, 0) is 59.3 Å². The maximum Gasteiger partial charge on any atom is 0.311 e. The highest BCUT2D eigenvalue weighted by atomic mass is 16.5. The maximum absolute atomic E-state index is 12.5.